The third kappa shape index (κ3) is 5.05. The van der Waals surface area contributed by atoms with Crippen LogP contribution in [0.2, 0.25) is 0 Å². The number of hydrogen-bond acceptors (Lipinski definition) is 7. The van der Waals surface area contributed by atoms with Crippen LogP contribution in [0.5, 0.6) is 11.5 Å². The van der Waals surface area contributed by atoms with Crippen molar-refractivity contribution in [3.05, 3.63) is 82.2 Å². The molecule has 188 valence electrons. The molecule has 1 aliphatic carbocycles. The summed E-state index contributed by atoms with van der Waals surface area (Å²) in [7, 11) is 1.63. The number of hydrogen-bond donors (Lipinski definition) is 1. The van der Waals surface area contributed by atoms with Gasteiger partial charge in [-0.1, -0.05) is 30.3 Å². The molecule has 2 aromatic rings. The Hall–Kier alpha value is -3.87. The van der Waals surface area contributed by atoms with Crippen LogP contribution >= 0.6 is 0 Å². The summed E-state index contributed by atoms with van der Waals surface area (Å²) in [6.07, 6.45) is 0.596. The monoisotopic (exact) mass is 489 g/mol. The van der Waals surface area contributed by atoms with Crippen LogP contribution < -0.4 is 14.8 Å². The van der Waals surface area contributed by atoms with Gasteiger partial charge in [-0.05, 0) is 56.5 Å². The highest BCUT2D eigenvalue weighted by Gasteiger charge is 2.42. The Morgan fingerprint density at radius 2 is 1.72 bits per heavy atom. The molecule has 0 spiro atoms. The molecule has 0 amide bonds. The fourth-order valence-electron chi connectivity index (χ4n) is 5.04. The van der Waals surface area contributed by atoms with E-state index >= 15 is 0 Å². The van der Waals surface area contributed by atoms with Crippen molar-refractivity contribution in [2.75, 3.05) is 7.11 Å². The Morgan fingerprint density at radius 3 is 2.36 bits per heavy atom. The van der Waals surface area contributed by atoms with E-state index in [9.17, 15) is 14.4 Å². The van der Waals surface area contributed by atoms with E-state index in [2.05, 4.69) is 5.32 Å². The van der Waals surface area contributed by atoms with Gasteiger partial charge in [0, 0.05) is 42.1 Å². The number of nitrogens with one attached hydrogen (secondary N) is 1. The van der Waals surface area contributed by atoms with E-state index in [1.54, 1.807) is 45.2 Å². The standard InChI is InChI=1S/C29H31NO6/c1-16(2)35-29(33)26-17(3)30-23-14-20(22-8-6-7-9-25(22)34-5)15-24(32)28(23)27(26)19-10-12-21(13-11-19)36-18(4)31/h6-13,16,20,27,30H,14-15H2,1-5H3/t20-,27+/m1/s1. The molecule has 0 bridgehead atoms. The van der Waals surface area contributed by atoms with Crippen molar-refractivity contribution in [1.29, 1.82) is 0 Å². The van der Waals surface area contributed by atoms with Gasteiger partial charge in [-0.25, -0.2) is 4.79 Å². The number of Topliss-reactive ketones (excluding diaryl/α,β-unsaturated/α-hetero) is 1. The fourth-order valence-corrected chi connectivity index (χ4v) is 5.04. The molecular formula is C29H31NO6. The number of carbonyl (C=O) groups is 3. The number of rotatable bonds is 6. The highest BCUT2D eigenvalue weighted by Crippen LogP contribution is 2.47. The molecule has 1 heterocycles. The van der Waals surface area contributed by atoms with E-state index < -0.39 is 17.9 Å². The largest absolute Gasteiger partial charge is 0.496 e. The van der Waals surface area contributed by atoms with Crippen molar-refractivity contribution < 1.29 is 28.6 Å². The maximum absolute atomic E-state index is 13.7. The van der Waals surface area contributed by atoms with Gasteiger partial charge in [0.25, 0.3) is 0 Å². The second-order valence-electron chi connectivity index (χ2n) is 9.38. The van der Waals surface area contributed by atoms with Crippen LogP contribution in [0.3, 0.4) is 0 Å². The lowest BCUT2D eigenvalue weighted by Gasteiger charge is -2.37. The second-order valence-corrected chi connectivity index (χ2v) is 9.38. The molecule has 0 aromatic heterocycles. The Bertz CT molecular complexity index is 1250. The SMILES string of the molecule is COc1ccccc1[C@H]1CC(=O)C2=C(C1)NC(C)=C(C(=O)OC(C)C)[C@@H]2c1ccc(OC(C)=O)cc1. The predicted octanol–water partition coefficient (Wildman–Crippen LogP) is 4.93. The average molecular weight is 490 g/mol. The highest BCUT2D eigenvalue weighted by molar-refractivity contribution is 6.04. The first-order valence-corrected chi connectivity index (χ1v) is 12.1. The van der Waals surface area contributed by atoms with E-state index in [0.29, 0.717) is 35.4 Å². The Morgan fingerprint density at radius 1 is 1.03 bits per heavy atom. The molecular weight excluding hydrogens is 458 g/mol. The summed E-state index contributed by atoms with van der Waals surface area (Å²) in [6, 6.07) is 14.7. The zero-order valence-electron chi connectivity index (χ0n) is 21.2. The van der Waals surface area contributed by atoms with Crippen LogP contribution in [0.15, 0.2) is 71.1 Å². The molecule has 0 saturated heterocycles. The number of esters is 2. The third-order valence-electron chi connectivity index (χ3n) is 6.44. The normalized spacial score (nSPS) is 19.6. The molecule has 7 nitrogen and oxygen atoms in total. The summed E-state index contributed by atoms with van der Waals surface area (Å²) in [6.45, 7) is 6.75. The topological polar surface area (TPSA) is 90.9 Å². The average Bonchev–Trinajstić information content (AvgIpc) is 2.82. The van der Waals surface area contributed by atoms with Gasteiger partial charge in [0.1, 0.15) is 11.5 Å². The van der Waals surface area contributed by atoms with Crippen LogP contribution in [0.4, 0.5) is 0 Å². The molecule has 0 radical (unpaired) electrons. The summed E-state index contributed by atoms with van der Waals surface area (Å²) >= 11 is 0. The lowest BCUT2D eigenvalue weighted by molar-refractivity contribution is -0.143. The maximum Gasteiger partial charge on any atom is 0.337 e. The van der Waals surface area contributed by atoms with E-state index in [0.717, 1.165) is 22.6 Å². The molecule has 2 atom stereocenters. The smallest absolute Gasteiger partial charge is 0.337 e. The fraction of sp³-hybridized carbons (Fsp3) is 0.345. The van der Waals surface area contributed by atoms with Gasteiger partial charge in [0.2, 0.25) is 0 Å². The van der Waals surface area contributed by atoms with Crippen molar-refractivity contribution in [3.63, 3.8) is 0 Å². The summed E-state index contributed by atoms with van der Waals surface area (Å²) in [5, 5.41) is 3.35. The number of ether oxygens (including phenoxy) is 3. The highest BCUT2D eigenvalue weighted by atomic mass is 16.5. The first-order valence-electron chi connectivity index (χ1n) is 12.1. The Balaban J connectivity index is 1.78. The number of methoxy groups -OCH3 is 1. The van der Waals surface area contributed by atoms with E-state index in [4.69, 9.17) is 14.2 Å². The summed E-state index contributed by atoms with van der Waals surface area (Å²) in [5.41, 5.74) is 4.17. The van der Waals surface area contributed by atoms with Crippen molar-refractivity contribution in [2.24, 2.45) is 0 Å². The van der Waals surface area contributed by atoms with Gasteiger partial charge in [-0.2, -0.15) is 0 Å². The molecule has 2 aromatic carbocycles. The molecule has 0 unspecified atom stereocenters. The summed E-state index contributed by atoms with van der Waals surface area (Å²) < 4.78 is 16.3. The first kappa shape index (κ1) is 25.2. The first-order chi connectivity index (χ1) is 17.2. The zero-order chi connectivity index (χ0) is 26.0. The number of ketones is 1. The predicted molar refractivity (Wildman–Crippen MR) is 135 cm³/mol. The number of benzene rings is 2. The molecule has 1 aliphatic heterocycles. The summed E-state index contributed by atoms with van der Waals surface area (Å²) in [4.78, 5) is 38.3. The van der Waals surface area contributed by atoms with E-state index in [1.807, 2.05) is 31.2 Å². The van der Waals surface area contributed by atoms with Gasteiger partial charge in [0.05, 0.1) is 18.8 Å². The van der Waals surface area contributed by atoms with Crippen molar-refractivity contribution >= 4 is 17.7 Å². The molecule has 0 fully saturated rings. The minimum absolute atomic E-state index is 0.0314. The van der Waals surface area contributed by atoms with Gasteiger partial charge in [-0.15, -0.1) is 0 Å². The quantitative estimate of drug-likeness (QED) is 0.454. The van der Waals surface area contributed by atoms with Crippen LogP contribution in [-0.4, -0.2) is 30.9 Å². The van der Waals surface area contributed by atoms with Crippen molar-refractivity contribution in [3.8, 4) is 11.5 Å². The lowest BCUT2D eigenvalue weighted by atomic mass is 9.71. The van der Waals surface area contributed by atoms with Gasteiger partial charge < -0.3 is 19.5 Å². The van der Waals surface area contributed by atoms with E-state index in [1.165, 1.54) is 6.92 Å². The molecule has 36 heavy (non-hydrogen) atoms. The number of para-hydroxylation sites is 1. The Kier molecular flexibility index (Phi) is 7.29. The van der Waals surface area contributed by atoms with Crippen LogP contribution in [0, 0.1) is 0 Å². The van der Waals surface area contributed by atoms with Gasteiger partial charge in [-0.3, -0.25) is 9.59 Å². The molecule has 1 N–H and O–H groups in total. The zero-order valence-corrected chi connectivity index (χ0v) is 21.2. The van der Waals surface area contributed by atoms with Crippen LogP contribution in [0.1, 0.15) is 63.5 Å². The third-order valence-corrected chi connectivity index (χ3v) is 6.44. The number of carbonyl (C=O) groups excluding carboxylic acids is 3. The van der Waals surface area contributed by atoms with Gasteiger partial charge in [0.15, 0.2) is 5.78 Å². The van der Waals surface area contributed by atoms with Crippen molar-refractivity contribution in [2.45, 2.75) is 58.5 Å². The minimum atomic E-state index is -0.593. The molecule has 7 heteroatoms. The number of allylic oxidation sites excluding steroid dienone is 3. The maximum atomic E-state index is 13.7. The van der Waals surface area contributed by atoms with E-state index in [-0.39, 0.29) is 17.8 Å². The lowest BCUT2D eigenvalue weighted by Crippen LogP contribution is -2.36. The summed E-state index contributed by atoms with van der Waals surface area (Å²) in [5.74, 6) is -0.412. The molecule has 0 saturated carbocycles. The number of dihydropyridines is 1. The molecule has 2 aliphatic rings. The van der Waals surface area contributed by atoms with Crippen molar-refractivity contribution in [1.82, 2.24) is 5.32 Å². The van der Waals surface area contributed by atoms with Gasteiger partial charge >= 0.3 is 11.9 Å². The molecule has 4 rings (SSSR count). The van der Waals surface area contributed by atoms with Crippen LogP contribution in [-0.2, 0) is 19.1 Å². The van der Waals surface area contributed by atoms with Crippen LogP contribution in [0.25, 0.3) is 0 Å². The minimum Gasteiger partial charge on any atom is -0.496 e. The second kappa shape index (κ2) is 10.4. The Labute approximate surface area is 211 Å².